The van der Waals surface area contributed by atoms with E-state index < -0.39 is 30.0 Å². The number of rotatable bonds is 10. The first-order valence-corrected chi connectivity index (χ1v) is 20.8. The van der Waals surface area contributed by atoms with Crippen LogP contribution in [0.5, 0.6) is 5.88 Å². The number of fused-ring (bicyclic) bond motifs is 2. The van der Waals surface area contributed by atoms with Crippen LogP contribution in [0, 0.1) is 17.8 Å². The second-order valence-electron chi connectivity index (χ2n) is 16.3. The monoisotopic (exact) mass is 823 g/mol. The van der Waals surface area contributed by atoms with Crippen molar-refractivity contribution in [1.29, 1.82) is 0 Å². The Morgan fingerprint density at radius 1 is 1.02 bits per heavy atom. The first-order valence-electron chi connectivity index (χ1n) is 20.8. The van der Waals surface area contributed by atoms with Gasteiger partial charge in [-0.25, -0.2) is 18.1 Å². The number of alkyl halides is 2. The summed E-state index contributed by atoms with van der Waals surface area (Å²) in [4.78, 5) is 60.2. The number of hydrogen-bond acceptors (Lipinski definition) is 10. The number of imidazole rings is 1. The molecule has 4 fully saturated rings. The standard InChI is InChI=1S/C42H47F2N11O5/c1-50-37-27(5-2-9-32(37)55(42(50)59)33-14-15-34(56)47-41(33)58)6-4-17-51-19-21-52(22-20-51)24-26-10-12-28(13-11-26)54-25-31(36(49-54)38(43)44)46-40(57)30-23-45-53-18-16-35(48-39(30)53)60-29-7-3-8-29/h2,5,9,16,18,23,25-26,28-29,33,38H,3,7-8,10-15,17,19-22,24H2,1H3,(H,46,57)(H,47,56,58)/t26-,28-,33?. The number of anilines is 1. The van der Waals surface area contributed by atoms with Crippen molar-refractivity contribution in [3.8, 4) is 17.7 Å². The molecular formula is C42H47F2N11O5. The quantitative estimate of drug-likeness (QED) is 0.155. The van der Waals surface area contributed by atoms with Crippen LogP contribution < -0.4 is 21.1 Å². The number of carbonyl (C=O) groups excluding carboxylic acids is 3. The Hall–Kier alpha value is -5.93. The highest BCUT2D eigenvalue weighted by Crippen LogP contribution is 2.36. The van der Waals surface area contributed by atoms with Crippen molar-refractivity contribution >= 4 is 40.1 Å². The predicted molar refractivity (Wildman–Crippen MR) is 216 cm³/mol. The zero-order chi connectivity index (χ0) is 41.5. The van der Waals surface area contributed by atoms with E-state index in [9.17, 15) is 28.0 Å². The van der Waals surface area contributed by atoms with E-state index in [2.05, 4.69) is 47.5 Å². The molecule has 2 saturated heterocycles. The fourth-order valence-electron chi connectivity index (χ4n) is 8.88. The molecule has 1 aromatic carbocycles. The van der Waals surface area contributed by atoms with E-state index in [4.69, 9.17) is 4.74 Å². The number of para-hydroxylation sites is 1. The highest BCUT2D eigenvalue weighted by atomic mass is 19.3. The summed E-state index contributed by atoms with van der Waals surface area (Å²) in [5.41, 5.74) is 1.62. The lowest BCUT2D eigenvalue weighted by atomic mass is 9.85. The Kier molecular flexibility index (Phi) is 10.9. The van der Waals surface area contributed by atoms with Crippen LogP contribution >= 0.6 is 0 Å². The van der Waals surface area contributed by atoms with Gasteiger partial charge < -0.3 is 15.0 Å². The molecule has 3 amide bonds. The third-order valence-electron chi connectivity index (χ3n) is 12.5. The Labute approximate surface area is 343 Å². The fourth-order valence-corrected chi connectivity index (χ4v) is 8.88. The number of aromatic nitrogens is 7. The molecule has 0 radical (unpaired) electrons. The largest absolute Gasteiger partial charge is 0.474 e. The fraction of sp³-hybridized carbons (Fsp3) is 0.500. The summed E-state index contributed by atoms with van der Waals surface area (Å²) in [7, 11) is 1.67. The summed E-state index contributed by atoms with van der Waals surface area (Å²) >= 11 is 0. The number of nitrogens with one attached hydrogen (secondary N) is 2. The van der Waals surface area contributed by atoms with Crippen molar-refractivity contribution in [3.05, 3.63) is 70.2 Å². The number of aryl methyl sites for hydroxylation is 1. The number of benzene rings is 1. The maximum Gasteiger partial charge on any atom is 0.329 e. The second kappa shape index (κ2) is 16.6. The Morgan fingerprint density at radius 3 is 2.53 bits per heavy atom. The molecule has 4 aromatic heterocycles. The molecule has 60 heavy (non-hydrogen) atoms. The van der Waals surface area contributed by atoms with E-state index >= 15 is 0 Å². The van der Waals surface area contributed by atoms with Gasteiger partial charge in [0.25, 0.3) is 12.3 Å². The van der Waals surface area contributed by atoms with Crippen LogP contribution in [-0.4, -0.2) is 106 Å². The van der Waals surface area contributed by atoms with E-state index in [1.807, 2.05) is 12.1 Å². The summed E-state index contributed by atoms with van der Waals surface area (Å²) in [5, 5.41) is 13.5. The van der Waals surface area contributed by atoms with Gasteiger partial charge in [0.1, 0.15) is 17.7 Å². The van der Waals surface area contributed by atoms with Gasteiger partial charge >= 0.3 is 5.69 Å². The molecule has 18 heteroatoms. The third-order valence-corrected chi connectivity index (χ3v) is 12.5. The average Bonchev–Trinajstić information content (AvgIpc) is 3.92. The van der Waals surface area contributed by atoms with Gasteiger partial charge in [-0.1, -0.05) is 17.9 Å². The van der Waals surface area contributed by atoms with Crippen LogP contribution in [0.4, 0.5) is 14.5 Å². The number of hydrogen-bond donors (Lipinski definition) is 2. The van der Waals surface area contributed by atoms with E-state index in [-0.39, 0.29) is 53.5 Å². The van der Waals surface area contributed by atoms with Crippen LogP contribution in [0.15, 0.2) is 47.7 Å². The van der Waals surface area contributed by atoms with Gasteiger partial charge in [0.2, 0.25) is 17.7 Å². The van der Waals surface area contributed by atoms with E-state index in [0.29, 0.717) is 34.9 Å². The van der Waals surface area contributed by atoms with E-state index in [0.717, 1.165) is 77.7 Å². The van der Waals surface area contributed by atoms with Gasteiger partial charge in [-0.3, -0.25) is 38.4 Å². The van der Waals surface area contributed by atoms with Gasteiger partial charge in [-0.15, -0.1) is 0 Å². The lowest BCUT2D eigenvalue weighted by molar-refractivity contribution is -0.135. The highest BCUT2D eigenvalue weighted by Gasteiger charge is 2.32. The van der Waals surface area contributed by atoms with E-state index in [1.54, 1.807) is 30.1 Å². The summed E-state index contributed by atoms with van der Waals surface area (Å²) in [6.07, 6.45) is 8.76. The molecule has 2 N–H and O–H groups in total. The molecule has 4 aliphatic rings. The lowest BCUT2D eigenvalue weighted by Crippen LogP contribution is -2.48. The molecular weight excluding hydrogens is 777 g/mol. The number of carbonyl (C=O) groups is 3. The zero-order valence-electron chi connectivity index (χ0n) is 33.4. The minimum atomic E-state index is -2.86. The van der Waals surface area contributed by atoms with Crippen molar-refractivity contribution in [3.63, 3.8) is 0 Å². The average molecular weight is 824 g/mol. The highest BCUT2D eigenvalue weighted by molar-refractivity contribution is 6.08. The molecule has 1 atom stereocenters. The summed E-state index contributed by atoms with van der Waals surface area (Å²) in [6, 6.07) is 6.41. The van der Waals surface area contributed by atoms with E-state index in [1.165, 1.54) is 26.0 Å². The minimum Gasteiger partial charge on any atom is -0.474 e. The number of amides is 3. The number of halogens is 2. The minimum absolute atomic E-state index is 0.0209. The number of nitrogens with zero attached hydrogens (tertiary/aromatic N) is 9. The normalized spacial score (nSPS) is 21.8. The van der Waals surface area contributed by atoms with Crippen molar-refractivity contribution in [2.24, 2.45) is 13.0 Å². The molecule has 16 nitrogen and oxygen atoms in total. The zero-order valence-corrected chi connectivity index (χ0v) is 33.4. The number of imide groups is 1. The summed E-state index contributed by atoms with van der Waals surface area (Å²) < 4.78 is 40.3. The number of piperazine rings is 1. The van der Waals surface area contributed by atoms with Crippen LogP contribution in [0.2, 0.25) is 0 Å². The molecule has 2 saturated carbocycles. The van der Waals surface area contributed by atoms with Crippen LogP contribution in [0.25, 0.3) is 16.7 Å². The first-order chi connectivity index (χ1) is 29.1. The van der Waals surface area contributed by atoms with Gasteiger partial charge in [0.05, 0.1) is 41.1 Å². The predicted octanol–water partition coefficient (Wildman–Crippen LogP) is 4.08. The summed E-state index contributed by atoms with van der Waals surface area (Å²) in [5.74, 6) is 6.05. The summed E-state index contributed by atoms with van der Waals surface area (Å²) in [6.45, 7) is 5.12. The van der Waals surface area contributed by atoms with Gasteiger partial charge in [0.15, 0.2) is 11.3 Å². The topological polar surface area (TPSA) is 166 Å². The number of ether oxygens (including phenoxy) is 1. The Morgan fingerprint density at radius 2 is 1.80 bits per heavy atom. The molecule has 9 rings (SSSR count). The number of piperidine rings is 1. The van der Waals surface area contributed by atoms with Crippen molar-refractivity contribution in [2.45, 2.75) is 82.4 Å². The molecule has 1 unspecified atom stereocenters. The van der Waals surface area contributed by atoms with Crippen molar-refractivity contribution < 1.29 is 27.9 Å². The third kappa shape index (κ3) is 7.91. The maximum atomic E-state index is 14.2. The van der Waals surface area contributed by atoms with Crippen molar-refractivity contribution in [2.75, 3.05) is 44.6 Å². The SMILES string of the molecule is Cn1c(=O)n(C2CCC(=O)NC2=O)c2cccc(C#CCN3CCN(C[C@H]4CC[C@H](n5cc(NC(=O)c6cnn7ccc(OC8CCC8)nc67)c(C(F)F)n5)CC4)CC3)c21. The van der Waals surface area contributed by atoms with Crippen LogP contribution in [0.1, 0.15) is 97.9 Å². The van der Waals surface area contributed by atoms with Crippen LogP contribution in [0.3, 0.4) is 0 Å². The first kappa shape index (κ1) is 39.5. The van der Waals surface area contributed by atoms with Gasteiger partial charge in [-0.05, 0) is 69.4 Å². The van der Waals surface area contributed by atoms with Gasteiger partial charge in [-0.2, -0.15) is 15.2 Å². The lowest BCUT2D eigenvalue weighted by Gasteiger charge is -2.37. The molecule has 314 valence electrons. The molecule has 0 spiro atoms. The molecule has 2 aliphatic carbocycles. The van der Waals surface area contributed by atoms with Gasteiger partial charge in [0, 0.05) is 64.7 Å². The Balaban J connectivity index is 0.765. The molecule has 0 bridgehead atoms. The molecule has 5 aromatic rings. The molecule has 2 aliphatic heterocycles. The smallest absolute Gasteiger partial charge is 0.329 e. The molecule has 6 heterocycles. The van der Waals surface area contributed by atoms with Crippen molar-refractivity contribution in [1.82, 2.24) is 48.6 Å². The van der Waals surface area contributed by atoms with Crippen LogP contribution in [-0.2, 0) is 16.6 Å². The second-order valence-corrected chi connectivity index (χ2v) is 16.3. The Bertz CT molecular complexity index is 2560. The maximum absolute atomic E-state index is 14.2.